The van der Waals surface area contributed by atoms with Gasteiger partial charge in [-0.2, -0.15) is 0 Å². The summed E-state index contributed by atoms with van der Waals surface area (Å²) >= 11 is 0. The molecule has 0 fully saturated rings. The Bertz CT molecular complexity index is 240. The van der Waals surface area contributed by atoms with Crippen LogP contribution in [0, 0.1) is 0 Å². The summed E-state index contributed by atoms with van der Waals surface area (Å²) in [5.41, 5.74) is 0. The van der Waals surface area contributed by atoms with Crippen LogP contribution in [0.1, 0.15) is 51.8 Å². The Labute approximate surface area is 87.4 Å². The van der Waals surface area contributed by atoms with Crippen molar-refractivity contribution in [2.45, 2.75) is 58.9 Å². The third kappa shape index (κ3) is 3.52. The molecule has 1 aromatic rings. The van der Waals surface area contributed by atoms with Crippen LogP contribution < -0.4 is 0 Å². The molecule has 1 aromatic heterocycles. The molecule has 0 saturated heterocycles. The van der Waals surface area contributed by atoms with E-state index in [2.05, 4.69) is 29.6 Å². The lowest BCUT2D eigenvalue weighted by atomic mass is 10.2. The standard InChI is InChI=1S/C12H22N2/c1-3-5-7-8-12-13-9-11-14(12)10-6-4-2/h9,11H,3-8,10H2,1-2H3. The van der Waals surface area contributed by atoms with Crippen molar-refractivity contribution in [2.24, 2.45) is 0 Å². The normalized spacial score (nSPS) is 10.7. The number of nitrogens with zero attached hydrogens (tertiary/aromatic N) is 2. The molecule has 1 heterocycles. The van der Waals surface area contributed by atoms with Crippen LogP contribution in [0.25, 0.3) is 0 Å². The minimum atomic E-state index is 1.14. The Balaban J connectivity index is 2.37. The van der Waals surface area contributed by atoms with Crippen molar-refractivity contribution in [2.75, 3.05) is 0 Å². The monoisotopic (exact) mass is 194 g/mol. The van der Waals surface area contributed by atoms with Gasteiger partial charge in [0.2, 0.25) is 0 Å². The van der Waals surface area contributed by atoms with Crippen molar-refractivity contribution >= 4 is 0 Å². The van der Waals surface area contributed by atoms with Gasteiger partial charge in [-0.3, -0.25) is 0 Å². The van der Waals surface area contributed by atoms with E-state index in [0.717, 1.165) is 13.0 Å². The molecule has 14 heavy (non-hydrogen) atoms. The highest BCUT2D eigenvalue weighted by Gasteiger charge is 2.00. The average molecular weight is 194 g/mol. The largest absolute Gasteiger partial charge is 0.335 e. The second-order valence-electron chi connectivity index (χ2n) is 3.85. The maximum atomic E-state index is 4.40. The Kier molecular flexibility index (Phi) is 5.35. The van der Waals surface area contributed by atoms with E-state index in [1.54, 1.807) is 0 Å². The number of hydrogen-bond acceptors (Lipinski definition) is 1. The first-order valence-electron chi connectivity index (χ1n) is 5.88. The van der Waals surface area contributed by atoms with E-state index in [0.29, 0.717) is 0 Å². The van der Waals surface area contributed by atoms with E-state index in [4.69, 9.17) is 0 Å². The van der Waals surface area contributed by atoms with E-state index in [1.165, 1.54) is 37.9 Å². The summed E-state index contributed by atoms with van der Waals surface area (Å²) in [6, 6.07) is 0. The number of aryl methyl sites for hydroxylation is 2. The molecule has 0 aromatic carbocycles. The van der Waals surface area contributed by atoms with Crippen molar-refractivity contribution in [1.82, 2.24) is 9.55 Å². The quantitative estimate of drug-likeness (QED) is 0.608. The summed E-state index contributed by atoms with van der Waals surface area (Å²) in [7, 11) is 0. The van der Waals surface area contributed by atoms with E-state index in [-0.39, 0.29) is 0 Å². The number of imidazole rings is 1. The highest BCUT2D eigenvalue weighted by atomic mass is 15.1. The van der Waals surface area contributed by atoms with Crippen molar-refractivity contribution in [3.8, 4) is 0 Å². The SMILES string of the molecule is CCCCCc1nccn1CCCC. The van der Waals surface area contributed by atoms with Gasteiger partial charge in [-0.1, -0.05) is 33.1 Å². The number of rotatable bonds is 7. The Morgan fingerprint density at radius 3 is 2.64 bits per heavy atom. The van der Waals surface area contributed by atoms with Gasteiger partial charge < -0.3 is 4.57 Å². The van der Waals surface area contributed by atoms with Crippen LogP contribution in [-0.2, 0) is 13.0 Å². The maximum absolute atomic E-state index is 4.40. The zero-order chi connectivity index (χ0) is 10.2. The third-order valence-corrected chi connectivity index (χ3v) is 2.56. The summed E-state index contributed by atoms with van der Waals surface area (Å²) in [5.74, 6) is 1.27. The van der Waals surface area contributed by atoms with Gasteiger partial charge in [-0.15, -0.1) is 0 Å². The fraction of sp³-hybridized carbons (Fsp3) is 0.750. The predicted octanol–water partition coefficient (Wildman–Crippen LogP) is 3.42. The van der Waals surface area contributed by atoms with Gasteiger partial charge >= 0.3 is 0 Å². The second-order valence-corrected chi connectivity index (χ2v) is 3.85. The molecule has 0 saturated carbocycles. The summed E-state index contributed by atoms with van der Waals surface area (Å²) < 4.78 is 2.30. The minimum Gasteiger partial charge on any atom is -0.335 e. The molecule has 0 spiro atoms. The Hall–Kier alpha value is -0.790. The van der Waals surface area contributed by atoms with Gasteiger partial charge in [0.15, 0.2) is 0 Å². The lowest BCUT2D eigenvalue weighted by Gasteiger charge is -2.06. The summed E-state index contributed by atoms with van der Waals surface area (Å²) in [6.07, 6.45) is 11.6. The van der Waals surface area contributed by atoms with Crippen molar-refractivity contribution in [1.29, 1.82) is 0 Å². The maximum Gasteiger partial charge on any atom is 0.108 e. The van der Waals surface area contributed by atoms with Crippen LogP contribution >= 0.6 is 0 Å². The number of unbranched alkanes of at least 4 members (excludes halogenated alkanes) is 3. The lowest BCUT2D eigenvalue weighted by Crippen LogP contribution is -2.03. The first kappa shape index (κ1) is 11.3. The topological polar surface area (TPSA) is 17.8 Å². The lowest BCUT2D eigenvalue weighted by molar-refractivity contribution is 0.585. The zero-order valence-electron chi connectivity index (χ0n) is 9.50. The zero-order valence-corrected chi connectivity index (χ0v) is 9.50. The van der Waals surface area contributed by atoms with Crippen LogP contribution in [0.2, 0.25) is 0 Å². The van der Waals surface area contributed by atoms with Crippen LogP contribution in [0.5, 0.6) is 0 Å². The van der Waals surface area contributed by atoms with Crippen molar-refractivity contribution in [3.05, 3.63) is 18.2 Å². The fourth-order valence-electron chi connectivity index (χ4n) is 1.63. The van der Waals surface area contributed by atoms with Gasteiger partial charge in [0, 0.05) is 25.4 Å². The molecular weight excluding hydrogens is 172 g/mol. The fourth-order valence-corrected chi connectivity index (χ4v) is 1.63. The molecule has 0 unspecified atom stereocenters. The van der Waals surface area contributed by atoms with Crippen molar-refractivity contribution in [3.63, 3.8) is 0 Å². The van der Waals surface area contributed by atoms with Crippen LogP contribution in [0.15, 0.2) is 12.4 Å². The first-order chi connectivity index (χ1) is 6.88. The molecule has 0 aliphatic rings. The Morgan fingerprint density at radius 1 is 1.14 bits per heavy atom. The molecule has 0 aliphatic heterocycles. The molecule has 0 N–H and O–H groups in total. The van der Waals surface area contributed by atoms with Crippen molar-refractivity contribution < 1.29 is 0 Å². The van der Waals surface area contributed by atoms with E-state index in [1.807, 2.05) is 6.20 Å². The predicted molar refractivity (Wildman–Crippen MR) is 60.4 cm³/mol. The second kappa shape index (κ2) is 6.63. The summed E-state index contributed by atoms with van der Waals surface area (Å²) in [4.78, 5) is 4.40. The van der Waals surface area contributed by atoms with E-state index >= 15 is 0 Å². The van der Waals surface area contributed by atoms with Gasteiger partial charge in [0.1, 0.15) is 5.82 Å². The van der Waals surface area contributed by atoms with E-state index in [9.17, 15) is 0 Å². The minimum absolute atomic E-state index is 1.14. The molecule has 0 radical (unpaired) electrons. The average Bonchev–Trinajstić information content (AvgIpc) is 2.63. The highest BCUT2D eigenvalue weighted by molar-refractivity contribution is 4.92. The van der Waals surface area contributed by atoms with Crippen LogP contribution in [0.3, 0.4) is 0 Å². The molecule has 2 heteroatoms. The highest BCUT2D eigenvalue weighted by Crippen LogP contribution is 2.06. The smallest absolute Gasteiger partial charge is 0.108 e. The summed E-state index contributed by atoms with van der Waals surface area (Å²) in [6.45, 7) is 5.61. The Morgan fingerprint density at radius 2 is 1.93 bits per heavy atom. The molecular formula is C12H22N2. The van der Waals surface area contributed by atoms with Gasteiger partial charge in [-0.05, 0) is 12.8 Å². The van der Waals surface area contributed by atoms with Gasteiger partial charge in [0.05, 0.1) is 0 Å². The third-order valence-electron chi connectivity index (χ3n) is 2.56. The molecule has 0 amide bonds. The van der Waals surface area contributed by atoms with Gasteiger partial charge in [-0.25, -0.2) is 4.98 Å². The molecule has 0 aliphatic carbocycles. The first-order valence-corrected chi connectivity index (χ1v) is 5.88. The van der Waals surface area contributed by atoms with Gasteiger partial charge in [0.25, 0.3) is 0 Å². The van der Waals surface area contributed by atoms with E-state index < -0.39 is 0 Å². The number of aromatic nitrogens is 2. The van der Waals surface area contributed by atoms with Crippen LogP contribution in [-0.4, -0.2) is 9.55 Å². The molecule has 80 valence electrons. The molecule has 0 bridgehead atoms. The molecule has 2 nitrogen and oxygen atoms in total. The summed E-state index contributed by atoms with van der Waals surface area (Å²) in [5, 5.41) is 0. The molecule has 1 rings (SSSR count). The van der Waals surface area contributed by atoms with Crippen LogP contribution in [0.4, 0.5) is 0 Å². The molecule has 0 atom stereocenters. The number of hydrogen-bond donors (Lipinski definition) is 0.